The highest BCUT2D eigenvalue weighted by atomic mass is 19.1. The summed E-state index contributed by atoms with van der Waals surface area (Å²) in [4.78, 5) is 4.99. The average molecular weight is 388 g/mol. The van der Waals surface area contributed by atoms with E-state index in [-0.39, 0.29) is 24.0 Å². The maximum absolute atomic E-state index is 13.2. The summed E-state index contributed by atoms with van der Waals surface area (Å²) >= 11 is 0. The van der Waals surface area contributed by atoms with Crippen molar-refractivity contribution in [2.24, 2.45) is 0 Å². The highest BCUT2D eigenvalue weighted by molar-refractivity contribution is 5.73. The Morgan fingerprint density at radius 1 is 0.929 bits per heavy atom. The summed E-state index contributed by atoms with van der Waals surface area (Å²) in [6, 6.07) is 6.90. The van der Waals surface area contributed by atoms with Gasteiger partial charge in [0, 0.05) is 22.5 Å². The first-order valence-electron chi connectivity index (χ1n) is 10.4. The average Bonchev–Trinajstić information content (AvgIpc) is 2.66. The molecule has 0 spiro atoms. The molecule has 0 radical (unpaired) electrons. The summed E-state index contributed by atoms with van der Waals surface area (Å²) in [6.07, 6.45) is 2.27. The van der Waals surface area contributed by atoms with E-state index in [9.17, 15) is 14.6 Å². The normalized spacial score (nSPS) is 12.8. The van der Waals surface area contributed by atoms with Gasteiger partial charge in [-0.25, -0.2) is 4.39 Å². The van der Waals surface area contributed by atoms with E-state index in [0.717, 1.165) is 53.8 Å². The van der Waals surface area contributed by atoms with Crippen LogP contribution in [0.15, 0.2) is 24.3 Å². The minimum atomic E-state index is -1.98. The van der Waals surface area contributed by atoms with Crippen LogP contribution in [0.5, 0.6) is 0 Å². The zero-order valence-electron chi connectivity index (χ0n) is 17.8. The molecule has 1 aromatic carbocycles. The van der Waals surface area contributed by atoms with Gasteiger partial charge in [-0.3, -0.25) is 4.98 Å². The SMILES string of the molecule is CCCCCc1c(C(C)C)nc(C(C)C)c(CO)c1-c1ccc(C(O)F)cc1. The minimum Gasteiger partial charge on any atom is -0.392 e. The highest BCUT2D eigenvalue weighted by Gasteiger charge is 2.23. The molecule has 28 heavy (non-hydrogen) atoms. The number of benzene rings is 1. The summed E-state index contributed by atoms with van der Waals surface area (Å²) in [5.74, 6) is 0.461. The lowest BCUT2D eigenvalue weighted by Gasteiger charge is -2.24. The first-order valence-corrected chi connectivity index (χ1v) is 10.4. The molecule has 0 saturated carbocycles. The molecular formula is C24H34FNO2. The van der Waals surface area contributed by atoms with Gasteiger partial charge in [0.1, 0.15) is 0 Å². The van der Waals surface area contributed by atoms with E-state index in [0.29, 0.717) is 0 Å². The molecule has 1 aromatic heterocycles. The summed E-state index contributed by atoms with van der Waals surface area (Å²) in [5.41, 5.74) is 6.26. The fraction of sp³-hybridized carbons (Fsp3) is 0.542. The van der Waals surface area contributed by atoms with Crippen molar-refractivity contribution >= 4 is 0 Å². The van der Waals surface area contributed by atoms with Crippen LogP contribution >= 0.6 is 0 Å². The zero-order valence-corrected chi connectivity index (χ0v) is 17.8. The molecule has 0 amide bonds. The van der Waals surface area contributed by atoms with Gasteiger partial charge in [0.05, 0.1) is 6.61 Å². The molecule has 0 saturated heterocycles. The van der Waals surface area contributed by atoms with Crippen molar-refractivity contribution in [1.29, 1.82) is 0 Å². The highest BCUT2D eigenvalue weighted by Crippen LogP contribution is 2.37. The van der Waals surface area contributed by atoms with Gasteiger partial charge in [-0.15, -0.1) is 0 Å². The molecule has 1 atom stereocenters. The van der Waals surface area contributed by atoms with Crippen molar-refractivity contribution < 1.29 is 14.6 Å². The van der Waals surface area contributed by atoms with Crippen LogP contribution in [-0.2, 0) is 13.0 Å². The Hall–Kier alpha value is -1.78. The predicted molar refractivity (Wildman–Crippen MR) is 113 cm³/mol. The maximum atomic E-state index is 13.2. The summed E-state index contributed by atoms with van der Waals surface area (Å²) in [6.45, 7) is 10.6. The third-order valence-electron chi connectivity index (χ3n) is 5.22. The van der Waals surface area contributed by atoms with Gasteiger partial charge in [-0.2, -0.15) is 0 Å². The number of halogens is 1. The molecule has 1 unspecified atom stereocenters. The molecule has 1 heterocycles. The second kappa shape index (κ2) is 10.1. The summed E-state index contributed by atoms with van der Waals surface area (Å²) in [5, 5.41) is 19.4. The number of hydrogen-bond donors (Lipinski definition) is 2. The van der Waals surface area contributed by atoms with Crippen molar-refractivity contribution in [3.05, 3.63) is 52.3 Å². The van der Waals surface area contributed by atoms with E-state index in [1.807, 2.05) is 12.1 Å². The Labute approximate surface area is 168 Å². The number of nitrogens with zero attached hydrogens (tertiary/aromatic N) is 1. The Balaban J connectivity index is 2.75. The number of rotatable bonds is 9. The van der Waals surface area contributed by atoms with Gasteiger partial charge in [0.15, 0.2) is 0 Å². The van der Waals surface area contributed by atoms with Crippen LogP contribution in [-0.4, -0.2) is 15.2 Å². The second-order valence-electron chi connectivity index (χ2n) is 8.10. The third kappa shape index (κ3) is 4.98. The van der Waals surface area contributed by atoms with Crippen LogP contribution in [0.4, 0.5) is 4.39 Å². The Morgan fingerprint density at radius 3 is 1.96 bits per heavy atom. The third-order valence-corrected chi connectivity index (χ3v) is 5.22. The predicted octanol–water partition coefficient (Wildman–Crippen LogP) is 6.18. The second-order valence-corrected chi connectivity index (χ2v) is 8.10. The van der Waals surface area contributed by atoms with Crippen LogP contribution in [0, 0.1) is 0 Å². The molecule has 0 aliphatic rings. The van der Waals surface area contributed by atoms with E-state index in [1.165, 1.54) is 5.56 Å². The lowest BCUT2D eigenvalue weighted by molar-refractivity contribution is 0.0411. The molecule has 2 N–H and O–H groups in total. The minimum absolute atomic E-state index is 0.0809. The molecule has 4 heteroatoms. The first-order chi connectivity index (χ1) is 13.3. The van der Waals surface area contributed by atoms with E-state index < -0.39 is 6.36 Å². The van der Waals surface area contributed by atoms with Crippen molar-refractivity contribution in [3.63, 3.8) is 0 Å². The number of pyridine rings is 1. The van der Waals surface area contributed by atoms with Crippen molar-refractivity contribution in [2.45, 2.75) is 85.1 Å². The zero-order chi connectivity index (χ0) is 20.8. The topological polar surface area (TPSA) is 53.4 Å². The van der Waals surface area contributed by atoms with E-state index in [4.69, 9.17) is 4.98 Å². The van der Waals surface area contributed by atoms with Gasteiger partial charge < -0.3 is 10.2 Å². The lowest BCUT2D eigenvalue weighted by atomic mass is 9.85. The number of aliphatic hydroxyl groups excluding tert-OH is 2. The molecule has 0 aliphatic carbocycles. The molecular weight excluding hydrogens is 353 g/mol. The Kier molecular flexibility index (Phi) is 8.14. The molecule has 0 bridgehead atoms. The Morgan fingerprint density at radius 2 is 1.50 bits per heavy atom. The molecule has 2 rings (SSSR count). The van der Waals surface area contributed by atoms with Crippen LogP contribution in [0.3, 0.4) is 0 Å². The fourth-order valence-electron chi connectivity index (χ4n) is 3.78. The summed E-state index contributed by atoms with van der Waals surface area (Å²) in [7, 11) is 0. The van der Waals surface area contributed by atoms with Crippen LogP contribution in [0.1, 0.15) is 100 Å². The van der Waals surface area contributed by atoms with E-state index in [2.05, 4.69) is 34.6 Å². The molecule has 154 valence electrons. The monoisotopic (exact) mass is 387 g/mol. The quantitative estimate of drug-likeness (QED) is 0.505. The Bertz CT molecular complexity index is 767. The van der Waals surface area contributed by atoms with Crippen LogP contribution < -0.4 is 0 Å². The van der Waals surface area contributed by atoms with Gasteiger partial charge in [-0.05, 0) is 41.4 Å². The standard InChI is InChI=1S/C24H34FNO2/c1-6-7-8-9-19-21(17-10-12-18(13-11-17)24(25)28)20(14-27)23(16(4)5)26-22(19)15(2)3/h10-13,15-16,24,27-28H,6-9,14H2,1-5H3. The van der Waals surface area contributed by atoms with Crippen molar-refractivity contribution in [3.8, 4) is 11.1 Å². The van der Waals surface area contributed by atoms with Gasteiger partial charge in [0.2, 0.25) is 6.36 Å². The first kappa shape index (κ1) is 22.5. The van der Waals surface area contributed by atoms with Gasteiger partial charge in [0.25, 0.3) is 0 Å². The lowest BCUT2D eigenvalue weighted by Crippen LogP contribution is -2.12. The number of aliphatic hydroxyl groups is 2. The number of aromatic nitrogens is 1. The maximum Gasteiger partial charge on any atom is 0.222 e. The molecule has 2 aromatic rings. The number of unbranched alkanes of at least 4 members (excludes halogenated alkanes) is 2. The number of alkyl halides is 1. The van der Waals surface area contributed by atoms with Crippen LogP contribution in [0.2, 0.25) is 0 Å². The largest absolute Gasteiger partial charge is 0.392 e. The molecule has 0 fully saturated rings. The fourth-order valence-corrected chi connectivity index (χ4v) is 3.78. The van der Waals surface area contributed by atoms with Gasteiger partial charge >= 0.3 is 0 Å². The van der Waals surface area contributed by atoms with Gasteiger partial charge in [-0.1, -0.05) is 71.7 Å². The smallest absolute Gasteiger partial charge is 0.222 e. The van der Waals surface area contributed by atoms with E-state index in [1.54, 1.807) is 12.1 Å². The van der Waals surface area contributed by atoms with Crippen LogP contribution in [0.25, 0.3) is 11.1 Å². The summed E-state index contributed by atoms with van der Waals surface area (Å²) < 4.78 is 13.2. The van der Waals surface area contributed by atoms with Crippen molar-refractivity contribution in [1.82, 2.24) is 4.98 Å². The van der Waals surface area contributed by atoms with Crippen molar-refractivity contribution in [2.75, 3.05) is 0 Å². The van der Waals surface area contributed by atoms with E-state index >= 15 is 0 Å². The number of hydrogen-bond acceptors (Lipinski definition) is 3. The molecule has 0 aliphatic heterocycles. The molecule has 3 nitrogen and oxygen atoms in total.